The van der Waals surface area contributed by atoms with E-state index < -0.39 is 0 Å². The minimum absolute atomic E-state index is 0.278. The molecule has 0 aromatic carbocycles. The highest BCUT2D eigenvalue weighted by Gasteiger charge is 2.52. The third-order valence-electron chi connectivity index (χ3n) is 3.58. The first-order valence-corrected chi connectivity index (χ1v) is 6.64. The van der Waals surface area contributed by atoms with Crippen molar-refractivity contribution in [3.8, 4) is 0 Å². The van der Waals surface area contributed by atoms with Crippen molar-refractivity contribution < 1.29 is 0 Å². The zero-order chi connectivity index (χ0) is 9.69. The lowest BCUT2D eigenvalue weighted by atomic mass is 9.84. The molecule has 0 aliphatic carbocycles. The summed E-state index contributed by atoms with van der Waals surface area (Å²) in [6, 6.07) is 0. The van der Waals surface area contributed by atoms with Crippen LogP contribution in [0.5, 0.6) is 0 Å². The molecule has 2 fully saturated rings. The summed E-state index contributed by atoms with van der Waals surface area (Å²) in [5.74, 6) is 0. The quantitative estimate of drug-likeness (QED) is 0.575. The summed E-state index contributed by atoms with van der Waals surface area (Å²) >= 11 is 14.8. The number of thioether (sulfide) groups is 1. The van der Waals surface area contributed by atoms with E-state index in [9.17, 15) is 0 Å². The third-order valence-corrected chi connectivity index (χ3v) is 7.15. The second-order valence-corrected chi connectivity index (χ2v) is 7.86. The zero-order valence-corrected chi connectivity index (χ0v) is 10.5. The highest BCUT2D eigenvalue weighted by atomic mass is 35.5. The maximum Gasteiger partial charge on any atom is 0.0480 e. The molecule has 3 heteroatoms. The van der Waals surface area contributed by atoms with Crippen LogP contribution in [0.4, 0.5) is 0 Å². The van der Waals surface area contributed by atoms with E-state index in [4.69, 9.17) is 23.2 Å². The first-order chi connectivity index (χ1) is 5.96. The topological polar surface area (TPSA) is 0 Å². The minimum atomic E-state index is 0.278. The van der Waals surface area contributed by atoms with Crippen molar-refractivity contribution in [2.45, 2.75) is 59.8 Å². The summed E-state index contributed by atoms with van der Waals surface area (Å²) in [4.78, 5) is 0. The summed E-state index contributed by atoms with van der Waals surface area (Å²) in [5, 5.41) is 0.685. The molecule has 13 heavy (non-hydrogen) atoms. The van der Waals surface area contributed by atoms with Crippen LogP contribution in [-0.2, 0) is 0 Å². The summed E-state index contributed by atoms with van der Waals surface area (Å²) in [6.07, 6.45) is 4.61. The van der Waals surface area contributed by atoms with Crippen LogP contribution in [-0.4, -0.2) is 20.2 Å². The van der Waals surface area contributed by atoms with Gasteiger partial charge >= 0.3 is 0 Å². The fraction of sp³-hybridized carbons (Fsp3) is 1.00. The highest BCUT2D eigenvalue weighted by Crippen LogP contribution is 2.58. The average molecular weight is 239 g/mol. The van der Waals surface area contributed by atoms with Gasteiger partial charge in [0.2, 0.25) is 0 Å². The highest BCUT2D eigenvalue weighted by molar-refractivity contribution is 8.02. The molecular weight excluding hydrogens is 223 g/mol. The van der Waals surface area contributed by atoms with Crippen molar-refractivity contribution in [3.63, 3.8) is 0 Å². The second-order valence-electron chi connectivity index (χ2n) is 4.74. The smallest absolute Gasteiger partial charge is 0.0480 e. The molecule has 2 rings (SSSR count). The summed E-state index contributed by atoms with van der Waals surface area (Å²) in [6.45, 7) is 4.60. The maximum absolute atomic E-state index is 6.37. The lowest BCUT2D eigenvalue weighted by Gasteiger charge is -2.53. The predicted octanol–water partition coefficient (Wildman–Crippen LogP) is 4.04. The Hall–Kier alpha value is 0.930. The van der Waals surface area contributed by atoms with E-state index in [1.54, 1.807) is 0 Å². The molecular formula is C10H16Cl2S. The van der Waals surface area contributed by atoms with Crippen LogP contribution in [0.2, 0.25) is 0 Å². The normalized spacial score (nSPS) is 56.3. The zero-order valence-electron chi connectivity index (χ0n) is 8.15. The van der Waals surface area contributed by atoms with E-state index in [0.29, 0.717) is 10.8 Å². The van der Waals surface area contributed by atoms with Gasteiger partial charge in [0.25, 0.3) is 0 Å². The lowest BCUT2D eigenvalue weighted by Crippen LogP contribution is -2.52. The molecule has 0 aromatic rings. The number of hydrogen-bond acceptors (Lipinski definition) is 1. The first kappa shape index (κ1) is 10.4. The molecule has 2 aliphatic heterocycles. The molecule has 4 atom stereocenters. The Balaban J connectivity index is 2.24. The van der Waals surface area contributed by atoms with Gasteiger partial charge < -0.3 is 0 Å². The fourth-order valence-electron chi connectivity index (χ4n) is 2.51. The van der Waals surface area contributed by atoms with Gasteiger partial charge in [-0.2, -0.15) is 0 Å². The van der Waals surface area contributed by atoms with Crippen molar-refractivity contribution in [2.24, 2.45) is 0 Å². The van der Waals surface area contributed by atoms with Crippen LogP contribution in [0.1, 0.15) is 39.5 Å². The van der Waals surface area contributed by atoms with E-state index in [1.165, 1.54) is 12.8 Å². The minimum Gasteiger partial charge on any atom is -0.146 e. The lowest BCUT2D eigenvalue weighted by molar-refractivity contribution is 0.363. The van der Waals surface area contributed by atoms with E-state index in [-0.39, 0.29) is 9.49 Å². The SMILES string of the molecule is C[C@@]12CC[C@H](Cl)[C@@](C)(CC[C@@H]1Cl)S2. The summed E-state index contributed by atoms with van der Waals surface area (Å²) < 4.78 is 0.555. The van der Waals surface area contributed by atoms with Crippen LogP contribution in [0.3, 0.4) is 0 Å². The number of halogens is 2. The first-order valence-electron chi connectivity index (χ1n) is 4.95. The Labute approximate surface area is 94.7 Å². The van der Waals surface area contributed by atoms with Crippen molar-refractivity contribution in [1.82, 2.24) is 0 Å². The molecule has 0 saturated carbocycles. The molecule has 0 nitrogen and oxygen atoms in total. The fourth-order valence-corrected chi connectivity index (χ4v) is 5.21. The second kappa shape index (κ2) is 3.21. The van der Waals surface area contributed by atoms with E-state index in [0.717, 1.165) is 12.8 Å². The number of alkyl halides is 2. The van der Waals surface area contributed by atoms with Gasteiger partial charge in [0.15, 0.2) is 0 Å². The molecule has 0 radical (unpaired) electrons. The third kappa shape index (κ3) is 1.61. The number of fused-ring (bicyclic) bond motifs is 2. The molecule has 2 aliphatic rings. The average Bonchev–Trinajstić information content (AvgIpc) is 2.07. The van der Waals surface area contributed by atoms with Gasteiger partial charge in [-0.1, -0.05) is 0 Å². The van der Waals surface area contributed by atoms with Gasteiger partial charge in [0, 0.05) is 20.2 Å². The van der Waals surface area contributed by atoms with Crippen LogP contribution in [0.25, 0.3) is 0 Å². The molecule has 0 spiro atoms. The summed E-state index contributed by atoms with van der Waals surface area (Å²) in [7, 11) is 0. The Morgan fingerprint density at radius 3 is 1.77 bits per heavy atom. The van der Waals surface area contributed by atoms with Crippen LogP contribution in [0, 0.1) is 0 Å². The molecule has 2 bridgehead atoms. The molecule has 76 valence electrons. The van der Waals surface area contributed by atoms with Crippen molar-refractivity contribution in [2.75, 3.05) is 0 Å². The van der Waals surface area contributed by atoms with Crippen molar-refractivity contribution in [3.05, 3.63) is 0 Å². The van der Waals surface area contributed by atoms with Crippen LogP contribution < -0.4 is 0 Å². The van der Waals surface area contributed by atoms with Crippen LogP contribution in [0.15, 0.2) is 0 Å². The molecule has 0 aromatic heterocycles. The van der Waals surface area contributed by atoms with Crippen molar-refractivity contribution >= 4 is 35.0 Å². The Bertz CT molecular complexity index is 199. The molecule has 2 heterocycles. The maximum atomic E-state index is 6.37. The van der Waals surface area contributed by atoms with Gasteiger partial charge in [-0.05, 0) is 39.5 Å². The molecule has 2 saturated heterocycles. The molecule has 0 N–H and O–H groups in total. The number of hydrogen-bond donors (Lipinski definition) is 0. The van der Waals surface area contributed by atoms with Crippen molar-refractivity contribution in [1.29, 1.82) is 0 Å². The van der Waals surface area contributed by atoms with Gasteiger partial charge in [-0.25, -0.2) is 0 Å². The number of rotatable bonds is 0. The van der Waals surface area contributed by atoms with Gasteiger partial charge in [-0.15, -0.1) is 35.0 Å². The van der Waals surface area contributed by atoms with E-state index >= 15 is 0 Å². The largest absolute Gasteiger partial charge is 0.146 e. The molecule has 0 amide bonds. The standard InChI is InChI=1S/C10H16Cl2S/c1-9-5-3-8(12)10(2,13-9)6-4-7(9)11/h7-8H,3-6H2,1-2H3/t7-,8-,9+,10+/m0/s1. The Kier molecular flexibility index (Phi) is 2.58. The van der Waals surface area contributed by atoms with E-state index in [1.807, 2.05) is 11.8 Å². The van der Waals surface area contributed by atoms with Gasteiger partial charge in [0.1, 0.15) is 0 Å². The van der Waals surface area contributed by atoms with Gasteiger partial charge in [-0.3, -0.25) is 0 Å². The molecule has 0 unspecified atom stereocenters. The monoisotopic (exact) mass is 238 g/mol. The summed E-state index contributed by atoms with van der Waals surface area (Å²) in [5.41, 5.74) is 0. The predicted molar refractivity (Wildman–Crippen MR) is 62.2 cm³/mol. The Morgan fingerprint density at radius 2 is 1.38 bits per heavy atom. The van der Waals surface area contributed by atoms with Gasteiger partial charge in [0.05, 0.1) is 0 Å². The van der Waals surface area contributed by atoms with E-state index in [2.05, 4.69) is 13.8 Å². The van der Waals surface area contributed by atoms with Crippen LogP contribution >= 0.6 is 35.0 Å². The Morgan fingerprint density at radius 1 is 1.00 bits per heavy atom.